The summed E-state index contributed by atoms with van der Waals surface area (Å²) >= 11 is 5.79. The van der Waals surface area contributed by atoms with Crippen LogP contribution in [0.15, 0.2) is 36.4 Å². The molecule has 0 fully saturated rings. The van der Waals surface area contributed by atoms with Crippen LogP contribution in [-0.4, -0.2) is 16.0 Å². The highest BCUT2D eigenvalue weighted by atomic mass is 35.5. The first-order chi connectivity index (χ1) is 9.90. The largest absolute Gasteiger partial charge is 0.478 e. The van der Waals surface area contributed by atoms with Gasteiger partial charge in [-0.15, -0.1) is 0 Å². The smallest absolute Gasteiger partial charge is 0.335 e. The number of rotatable bonds is 4. The van der Waals surface area contributed by atoms with Gasteiger partial charge in [-0.05, 0) is 42.8 Å². The molecule has 2 rings (SSSR count). The number of hydrogen-bond donors (Lipinski definition) is 1. The normalized spacial score (nSPS) is 10.2. The summed E-state index contributed by atoms with van der Waals surface area (Å²) in [6, 6.07) is 8.65. The Morgan fingerprint density at radius 2 is 2.05 bits per heavy atom. The minimum absolute atomic E-state index is 0.00465. The molecule has 0 heterocycles. The molecule has 0 unspecified atom stereocenters. The summed E-state index contributed by atoms with van der Waals surface area (Å²) in [5.41, 5.74) is 0.298. The van der Waals surface area contributed by atoms with Crippen molar-refractivity contribution in [3.05, 3.63) is 62.7 Å². The van der Waals surface area contributed by atoms with E-state index in [1.165, 1.54) is 36.4 Å². The second-order valence-electron chi connectivity index (χ2n) is 4.23. The van der Waals surface area contributed by atoms with E-state index in [4.69, 9.17) is 21.4 Å². The Balaban J connectivity index is 2.39. The number of halogens is 1. The van der Waals surface area contributed by atoms with Crippen molar-refractivity contribution in [3.63, 3.8) is 0 Å². The summed E-state index contributed by atoms with van der Waals surface area (Å²) < 4.78 is 5.45. The lowest BCUT2D eigenvalue weighted by molar-refractivity contribution is -0.385. The molecular formula is C14H10ClNO5. The fourth-order valence-corrected chi connectivity index (χ4v) is 2.06. The molecule has 21 heavy (non-hydrogen) atoms. The predicted octanol–water partition coefficient (Wildman–Crippen LogP) is 4.05. The van der Waals surface area contributed by atoms with Crippen LogP contribution in [0.2, 0.25) is 5.02 Å². The molecule has 0 spiro atoms. The number of nitrogens with zero attached hydrogens (tertiary/aromatic N) is 1. The summed E-state index contributed by atoms with van der Waals surface area (Å²) in [4.78, 5) is 21.3. The predicted molar refractivity (Wildman–Crippen MR) is 76.3 cm³/mol. The van der Waals surface area contributed by atoms with Gasteiger partial charge in [0.05, 0.1) is 10.5 Å². The van der Waals surface area contributed by atoms with Gasteiger partial charge >= 0.3 is 11.7 Å². The second kappa shape index (κ2) is 5.80. The van der Waals surface area contributed by atoms with Crippen LogP contribution < -0.4 is 4.74 Å². The number of nitro benzene ring substituents is 1. The maximum absolute atomic E-state index is 11.0. The maximum atomic E-state index is 11.0. The number of ether oxygens (including phenoxy) is 1. The molecule has 0 aliphatic heterocycles. The van der Waals surface area contributed by atoms with Gasteiger partial charge in [-0.25, -0.2) is 4.79 Å². The van der Waals surface area contributed by atoms with Crippen LogP contribution in [0.25, 0.3) is 0 Å². The Labute approximate surface area is 124 Å². The Hall–Kier alpha value is -2.60. The van der Waals surface area contributed by atoms with Gasteiger partial charge in [-0.2, -0.15) is 0 Å². The zero-order chi connectivity index (χ0) is 15.6. The quantitative estimate of drug-likeness (QED) is 0.680. The lowest BCUT2D eigenvalue weighted by Crippen LogP contribution is -2.00. The molecule has 0 radical (unpaired) electrons. The Morgan fingerprint density at radius 1 is 1.33 bits per heavy atom. The van der Waals surface area contributed by atoms with E-state index >= 15 is 0 Å². The van der Waals surface area contributed by atoms with Crippen molar-refractivity contribution < 1.29 is 19.6 Å². The van der Waals surface area contributed by atoms with Crippen LogP contribution in [0.5, 0.6) is 11.5 Å². The summed E-state index contributed by atoms with van der Waals surface area (Å²) in [5.74, 6) is -0.759. The first-order valence-electron chi connectivity index (χ1n) is 5.85. The van der Waals surface area contributed by atoms with E-state index in [0.29, 0.717) is 11.3 Å². The van der Waals surface area contributed by atoms with Gasteiger partial charge in [0.25, 0.3) is 0 Å². The molecule has 6 nitrogen and oxygen atoms in total. The van der Waals surface area contributed by atoms with E-state index in [0.717, 1.165) is 0 Å². The second-order valence-corrected chi connectivity index (χ2v) is 4.63. The number of aromatic carboxylic acids is 1. The monoisotopic (exact) mass is 307 g/mol. The van der Waals surface area contributed by atoms with Gasteiger partial charge in [0.1, 0.15) is 10.8 Å². The van der Waals surface area contributed by atoms with Crippen LogP contribution in [0.3, 0.4) is 0 Å². The molecule has 0 amide bonds. The highest BCUT2D eigenvalue weighted by Crippen LogP contribution is 2.37. The molecule has 0 aliphatic carbocycles. The highest BCUT2D eigenvalue weighted by Gasteiger charge is 2.20. The summed E-state index contributed by atoms with van der Waals surface area (Å²) in [5, 5.41) is 19.9. The van der Waals surface area contributed by atoms with Gasteiger partial charge in [-0.3, -0.25) is 10.1 Å². The zero-order valence-electron chi connectivity index (χ0n) is 10.9. The number of benzene rings is 2. The number of carbonyl (C=O) groups is 1. The molecule has 0 atom stereocenters. The van der Waals surface area contributed by atoms with Crippen LogP contribution in [0.1, 0.15) is 15.9 Å². The van der Waals surface area contributed by atoms with Gasteiger partial charge < -0.3 is 9.84 Å². The third-order valence-electron chi connectivity index (χ3n) is 2.79. The third-order valence-corrected chi connectivity index (χ3v) is 3.09. The summed E-state index contributed by atoms with van der Waals surface area (Å²) in [6.07, 6.45) is 0. The molecule has 2 aromatic carbocycles. The topological polar surface area (TPSA) is 89.7 Å². The van der Waals surface area contributed by atoms with Crippen molar-refractivity contribution >= 4 is 23.3 Å². The minimum Gasteiger partial charge on any atom is -0.478 e. The first-order valence-corrected chi connectivity index (χ1v) is 6.22. The van der Waals surface area contributed by atoms with Gasteiger partial charge in [0.15, 0.2) is 0 Å². The standard InChI is InChI=1S/C14H10ClNO5/c1-8-7-9(5-6-10(8)14(17)18)21-12-4-2-3-11(15)13(12)16(19)20/h2-7H,1H3,(H,17,18). The van der Waals surface area contributed by atoms with Crippen molar-refractivity contribution in [1.82, 2.24) is 0 Å². The summed E-state index contributed by atoms with van der Waals surface area (Å²) in [6.45, 7) is 1.61. The molecule has 0 saturated heterocycles. The zero-order valence-corrected chi connectivity index (χ0v) is 11.6. The van der Waals surface area contributed by atoms with E-state index in [2.05, 4.69) is 0 Å². The summed E-state index contributed by atoms with van der Waals surface area (Å²) in [7, 11) is 0. The van der Waals surface area contributed by atoms with Crippen molar-refractivity contribution in [1.29, 1.82) is 0 Å². The molecule has 0 bridgehead atoms. The van der Waals surface area contributed by atoms with Gasteiger partial charge in [0, 0.05) is 0 Å². The molecule has 7 heteroatoms. The lowest BCUT2D eigenvalue weighted by Gasteiger charge is -2.09. The van der Waals surface area contributed by atoms with Crippen molar-refractivity contribution in [2.45, 2.75) is 6.92 Å². The van der Waals surface area contributed by atoms with Crippen LogP contribution in [0, 0.1) is 17.0 Å². The third kappa shape index (κ3) is 3.11. The minimum atomic E-state index is -1.05. The SMILES string of the molecule is Cc1cc(Oc2cccc(Cl)c2[N+](=O)[O-])ccc1C(=O)O. The average molecular weight is 308 g/mol. The Morgan fingerprint density at radius 3 is 2.62 bits per heavy atom. The molecule has 0 aromatic heterocycles. The number of nitro groups is 1. The molecule has 1 N–H and O–H groups in total. The Kier molecular flexibility index (Phi) is 4.09. The van der Waals surface area contributed by atoms with E-state index in [1.807, 2.05) is 0 Å². The highest BCUT2D eigenvalue weighted by molar-refractivity contribution is 6.32. The van der Waals surface area contributed by atoms with Crippen molar-refractivity contribution in [2.24, 2.45) is 0 Å². The van der Waals surface area contributed by atoms with E-state index in [-0.39, 0.29) is 22.0 Å². The fraction of sp³-hybridized carbons (Fsp3) is 0.0714. The van der Waals surface area contributed by atoms with Crippen molar-refractivity contribution in [2.75, 3.05) is 0 Å². The number of para-hydroxylation sites is 1. The number of carboxylic acids is 1. The van der Waals surface area contributed by atoms with Crippen LogP contribution in [0.4, 0.5) is 5.69 Å². The number of aryl methyl sites for hydroxylation is 1. The van der Waals surface area contributed by atoms with E-state index in [9.17, 15) is 14.9 Å². The van der Waals surface area contributed by atoms with Gasteiger partial charge in [-0.1, -0.05) is 17.7 Å². The van der Waals surface area contributed by atoms with Gasteiger partial charge in [0.2, 0.25) is 5.75 Å². The van der Waals surface area contributed by atoms with Crippen molar-refractivity contribution in [3.8, 4) is 11.5 Å². The molecular weight excluding hydrogens is 298 g/mol. The maximum Gasteiger partial charge on any atom is 0.335 e. The molecule has 0 saturated carbocycles. The number of hydrogen-bond acceptors (Lipinski definition) is 4. The number of carboxylic acid groups (broad SMARTS) is 1. The fourth-order valence-electron chi connectivity index (χ4n) is 1.82. The van der Waals surface area contributed by atoms with Crippen LogP contribution in [-0.2, 0) is 0 Å². The first kappa shape index (κ1) is 14.8. The molecule has 108 valence electrons. The molecule has 0 aliphatic rings. The lowest BCUT2D eigenvalue weighted by atomic mass is 10.1. The Bertz CT molecular complexity index is 729. The van der Waals surface area contributed by atoms with E-state index in [1.54, 1.807) is 6.92 Å². The molecule has 2 aromatic rings. The van der Waals surface area contributed by atoms with Crippen LogP contribution >= 0.6 is 11.6 Å². The average Bonchev–Trinajstić information content (AvgIpc) is 2.37. The van der Waals surface area contributed by atoms with E-state index < -0.39 is 10.9 Å².